The fourth-order valence-electron chi connectivity index (χ4n) is 1.56. The summed E-state index contributed by atoms with van der Waals surface area (Å²) < 4.78 is 3.22. The summed E-state index contributed by atoms with van der Waals surface area (Å²) in [7, 11) is 0. The van der Waals surface area contributed by atoms with Crippen LogP contribution in [0.1, 0.15) is 22.1 Å². The Bertz CT molecular complexity index is 551. The highest BCUT2D eigenvalue weighted by Crippen LogP contribution is 2.43. The Morgan fingerprint density at radius 3 is 2.47 bits per heavy atom. The zero-order valence-corrected chi connectivity index (χ0v) is 15.1. The van der Waals surface area contributed by atoms with Gasteiger partial charge >= 0.3 is 0 Å². The molecule has 0 bridgehead atoms. The van der Waals surface area contributed by atoms with E-state index in [4.69, 9.17) is 11.6 Å². The second kappa shape index (κ2) is 5.74. The summed E-state index contributed by atoms with van der Waals surface area (Å²) in [6.45, 7) is 2.07. The fraction of sp³-hybridized carbons (Fsp3) is 0.167. The van der Waals surface area contributed by atoms with Crippen LogP contribution in [0.4, 0.5) is 0 Å². The van der Waals surface area contributed by atoms with E-state index in [9.17, 15) is 0 Å². The third-order valence-electron chi connectivity index (χ3n) is 2.45. The molecule has 1 atom stereocenters. The summed E-state index contributed by atoms with van der Waals surface area (Å²) in [4.78, 5) is 0. The minimum absolute atomic E-state index is 0.152. The zero-order valence-electron chi connectivity index (χ0n) is 8.81. The summed E-state index contributed by atoms with van der Waals surface area (Å²) in [5.41, 5.74) is 3.38. The van der Waals surface area contributed by atoms with Crippen LogP contribution in [0.3, 0.4) is 0 Å². The largest absolute Gasteiger partial charge is 0.121 e. The van der Waals surface area contributed by atoms with E-state index in [1.165, 1.54) is 5.56 Å². The van der Waals surface area contributed by atoms with Gasteiger partial charge < -0.3 is 0 Å². The van der Waals surface area contributed by atoms with E-state index >= 15 is 0 Å². The number of aryl methyl sites for hydroxylation is 1. The average Bonchev–Trinajstić information content (AvgIpc) is 2.61. The molecule has 0 amide bonds. The van der Waals surface area contributed by atoms with E-state index in [1.807, 2.05) is 12.1 Å². The minimum atomic E-state index is -0.152. The molecule has 0 N–H and O–H groups in total. The Kier molecular flexibility index (Phi) is 4.75. The van der Waals surface area contributed by atoms with Gasteiger partial charge in [0.25, 0.3) is 0 Å². The van der Waals surface area contributed by atoms with Crippen molar-refractivity contribution in [2.45, 2.75) is 12.3 Å². The number of benzene rings is 1. The molecule has 0 saturated carbocycles. The van der Waals surface area contributed by atoms with Gasteiger partial charge in [-0.15, -0.1) is 22.9 Å². The molecule has 1 aromatic heterocycles. The highest BCUT2D eigenvalue weighted by atomic mass is 79.9. The van der Waals surface area contributed by atoms with Crippen LogP contribution in [-0.4, -0.2) is 0 Å². The van der Waals surface area contributed by atoms with Gasteiger partial charge in [0.2, 0.25) is 0 Å². The number of thiophene rings is 1. The molecular formula is C12H8Br3ClS. The third-order valence-corrected chi connectivity index (χ3v) is 6.39. The van der Waals surface area contributed by atoms with Gasteiger partial charge in [0.15, 0.2) is 0 Å². The minimum Gasteiger partial charge on any atom is -0.121 e. The van der Waals surface area contributed by atoms with Crippen molar-refractivity contribution in [3.05, 3.63) is 53.0 Å². The SMILES string of the molecule is Cc1cccc(C(Cl)c2cc(Br)sc2Br)c1Br. The predicted octanol–water partition coefficient (Wildman–Crippen LogP) is 6.67. The fourth-order valence-corrected chi connectivity index (χ4v) is 5.64. The number of halogens is 4. The van der Waals surface area contributed by atoms with Crippen molar-refractivity contribution in [2.24, 2.45) is 0 Å². The second-order valence-electron chi connectivity index (χ2n) is 3.62. The first kappa shape index (κ1) is 14.1. The van der Waals surface area contributed by atoms with Crippen LogP contribution in [0.2, 0.25) is 0 Å². The van der Waals surface area contributed by atoms with E-state index in [0.29, 0.717) is 0 Å². The standard InChI is InChI=1S/C12H8Br3ClS/c1-6-3-2-4-7(10(6)14)11(16)8-5-9(13)17-12(8)15/h2-5,11H,1H3. The molecule has 90 valence electrons. The van der Waals surface area contributed by atoms with Crippen LogP contribution in [0.25, 0.3) is 0 Å². The molecule has 2 rings (SSSR count). The van der Waals surface area contributed by atoms with E-state index in [0.717, 1.165) is 23.2 Å². The van der Waals surface area contributed by atoms with Crippen LogP contribution < -0.4 is 0 Å². The molecular weight excluding hydrogens is 451 g/mol. The predicted molar refractivity (Wildman–Crippen MR) is 86.3 cm³/mol. The Morgan fingerprint density at radius 2 is 1.88 bits per heavy atom. The third kappa shape index (κ3) is 2.98. The van der Waals surface area contributed by atoms with E-state index in [-0.39, 0.29) is 5.38 Å². The first-order chi connectivity index (χ1) is 8.00. The highest BCUT2D eigenvalue weighted by molar-refractivity contribution is 9.12. The summed E-state index contributed by atoms with van der Waals surface area (Å²) >= 11 is 18.8. The molecule has 0 fully saturated rings. The van der Waals surface area contributed by atoms with Gasteiger partial charge in [-0.3, -0.25) is 0 Å². The van der Waals surface area contributed by atoms with Crippen LogP contribution in [-0.2, 0) is 0 Å². The summed E-state index contributed by atoms with van der Waals surface area (Å²) in [6.07, 6.45) is 0. The van der Waals surface area contributed by atoms with E-state index < -0.39 is 0 Å². The Labute approximate surface area is 135 Å². The molecule has 1 aromatic carbocycles. The molecule has 5 heteroatoms. The maximum atomic E-state index is 6.55. The van der Waals surface area contributed by atoms with Gasteiger partial charge in [-0.1, -0.05) is 34.1 Å². The number of hydrogen-bond acceptors (Lipinski definition) is 1. The van der Waals surface area contributed by atoms with Crippen molar-refractivity contribution < 1.29 is 0 Å². The zero-order chi connectivity index (χ0) is 12.6. The molecule has 0 aliphatic rings. The Hall–Kier alpha value is 0.650. The second-order valence-corrected chi connectivity index (χ2v) is 8.60. The molecule has 0 radical (unpaired) electrons. The lowest BCUT2D eigenvalue weighted by molar-refractivity contribution is 1.12. The maximum Gasteiger partial charge on any atom is 0.0865 e. The van der Waals surface area contributed by atoms with Gasteiger partial charge in [-0.05, 0) is 56.0 Å². The van der Waals surface area contributed by atoms with Gasteiger partial charge in [0.05, 0.1) is 12.9 Å². The van der Waals surface area contributed by atoms with Crippen LogP contribution >= 0.6 is 70.7 Å². The highest BCUT2D eigenvalue weighted by Gasteiger charge is 2.19. The molecule has 1 heterocycles. The molecule has 1 unspecified atom stereocenters. The molecule has 2 aromatic rings. The monoisotopic (exact) mass is 456 g/mol. The lowest BCUT2D eigenvalue weighted by Crippen LogP contribution is -1.94. The van der Waals surface area contributed by atoms with E-state index in [1.54, 1.807) is 11.3 Å². The van der Waals surface area contributed by atoms with Crippen molar-refractivity contribution in [3.63, 3.8) is 0 Å². The first-order valence-corrected chi connectivity index (χ1v) is 8.47. The quantitative estimate of drug-likeness (QED) is 0.440. The number of hydrogen-bond donors (Lipinski definition) is 0. The summed E-state index contributed by atoms with van der Waals surface area (Å²) in [6, 6.07) is 8.20. The summed E-state index contributed by atoms with van der Waals surface area (Å²) in [5.74, 6) is 0. The van der Waals surface area contributed by atoms with Crippen molar-refractivity contribution in [2.75, 3.05) is 0 Å². The molecule has 0 spiro atoms. The normalized spacial score (nSPS) is 12.8. The van der Waals surface area contributed by atoms with Gasteiger partial charge in [0.1, 0.15) is 0 Å². The van der Waals surface area contributed by atoms with Crippen LogP contribution in [0.5, 0.6) is 0 Å². The Morgan fingerprint density at radius 1 is 1.18 bits per heavy atom. The van der Waals surface area contributed by atoms with E-state index in [2.05, 4.69) is 66.8 Å². The summed E-state index contributed by atoms with van der Waals surface area (Å²) in [5, 5.41) is -0.152. The van der Waals surface area contributed by atoms with Crippen LogP contribution in [0, 0.1) is 6.92 Å². The first-order valence-electron chi connectivity index (χ1n) is 4.84. The van der Waals surface area contributed by atoms with Crippen molar-refractivity contribution in [1.82, 2.24) is 0 Å². The lowest BCUT2D eigenvalue weighted by Gasteiger charge is -2.12. The molecule has 0 nitrogen and oxygen atoms in total. The van der Waals surface area contributed by atoms with Gasteiger partial charge in [0, 0.05) is 10.0 Å². The van der Waals surface area contributed by atoms with Gasteiger partial charge in [-0.25, -0.2) is 0 Å². The topological polar surface area (TPSA) is 0 Å². The maximum absolute atomic E-state index is 6.55. The molecule has 0 aliphatic carbocycles. The Balaban J connectivity index is 2.47. The number of rotatable bonds is 2. The molecule has 0 saturated heterocycles. The smallest absolute Gasteiger partial charge is 0.0865 e. The van der Waals surface area contributed by atoms with Crippen molar-refractivity contribution in [3.8, 4) is 0 Å². The van der Waals surface area contributed by atoms with Crippen molar-refractivity contribution in [1.29, 1.82) is 0 Å². The van der Waals surface area contributed by atoms with Crippen LogP contribution in [0.15, 0.2) is 36.3 Å². The lowest BCUT2D eigenvalue weighted by atomic mass is 10.1. The molecule has 17 heavy (non-hydrogen) atoms. The molecule has 0 aliphatic heterocycles. The average molecular weight is 459 g/mol. The number of alkyl halides is 1. The van der Waals surface area contributed by atoms with Crippen molar-refractivity contribution >= 4 is 70.7 Å². The van der Waals surface area contributed by atoms with Gasteiger partial charge in [-0.2, -0.15) is 0 Å².